The van der Waals surface area contributed by atoms with Crippen molar-refractivity contribution in [2.24, 2.45) is 12.5 Å². The number of methoxy groups -OCH3 is 1. The smallest absolute Gasteiger partial charge is 0.153 e. The van der Waals surface area contributed by atoms with Gasteiger partial charge in [0, 0.05) is 24.8 Å². The number of hydrogen-bond acceptors (Lipinski definition) is 7. The van der Waals surface area contributed by atoms with Crippen molar-refractivity contribution in [1.82, 2.24) is 24.5 Å². The van der Waals surface area contributed by atoms with Gasteiger partial charge >= 0.3 is 0 Å². The monoisotopic (exact) mass is 448 g/mol. The average Bonchev–Trinajstić information content (AvgIpc) is 3.24. The number of hydrogen-bond donors (Lipinski definition) is 2. The number of aromatic nitrogens is 5. The molecule has 6 rings (SSSR count). The quantitative estimate of drug-likeness (QED) is 0.430. The maximum absolute atomic E-state index is 11.0. The van der Waals surface area contributed by atoms with E-state index in [4.69, 9.17) is 4.74 Å². The second-order valence-electron chi connectivity index (χ2n) is 8.96. The summed E-state index contributed by atoms with van der Waals surface area (Å²) in [5.74, 6) is 1.45. The molecule has 9 heteroatoms. The van der Waals surface area contributed by atoms with Crippen LogP contribution in [0.5, 0.6) is 5.75 Å². The van der Waals surface area contributed by atoms with Gasteiger partial charge in [-0.05, 0) is 72.9 Å². The van der Waals surface area contributed by atoms with Gasteiger partial charge in [-0.2, -0.15) is 10.2 Å². The lowest BCUT2D eigenvalue weighted by atomic mass is 9.65. The molecule has 0 saturated heterocycles. The predicted molar refractivity (Wildman–Crippen MR) is 123 cm³/mol. The van der Waals surface area contributed by atoms with Crippen molar-refractivity contribution in [3.63, 3.8) is 0 Å². The predicted octanol–water partition coefficient (Wildman–Crippen LogP) is 4.04. The number of aliphatic hydroxyl groups is 1. The summed E-state index contributed by atoms with van der Waals surface area (Å²) in [7, 11) is 3.57. The summed E-state index contributed by atoms with van der Waals surface area (Å²) in [5, 5.41) is 20.9. The lowest BCUT2D eigenvalue weighted by Crippen LogP contribution is -2.42. The number of rotatable bonds is 6. The Balaban J connectivity index is 1.22. The minimum Gasteiger partial charge on any atom is -0.494 e. The second-order valence-corrected chi connectivity index (χ2v) is 9.84. The molecule has 0 bridgehead atoms. The highest BCUT2D eigenvalue weighted by Gasteiger charge is 2.60. The van der Waals surface area contributed by atoms with E-state index in [0.29, 0.717) is 11.2 Å². The molecule has 32 heavy (non-hydrogen) atoms. The normalized spacial score (nSPS) is 18.0. The first-order chi connectivity index (χ1) is 15.5. The first kappa shape index (κ1) is 19.6. The molecule has 8 nitrogen and oxygen atoms in total. The molecule has 0 unspecified atom stereocenters. The molecule has 2 aliphatic rings. The van der Waals surface area contributed by atoms with Gasteiger partial charge in [0.2, 0.25) is 0 Å². The first-order valence-electron chi connectivity index (χ1n) is 10.6. The summed E-state index contributed by atoms with van der Waals surface area (Å²) in [6.45, 7) is 0. The standard InChI is InChI=1S/C23H24N6O2S/c1-28-21-15(10-25-28)3-4-18(31-2)20(21)27-32-17-11-26-29(12-17)19-9-16(5-8-24-19)23(30)13-22(14-23)6-7-22/h3-5,8-12,27,30H,6-7,13-14H2,1-2H3. The summed E-state index contributed by atoms with van der Waals surface area (Å²) in [4.78, 5) is 5.39. The van der Waals surface area contributed by atoms with Crippen molar-refractivity contribution in [1.29, 1.82) is 0 Å². The summed E-state index contributed by atoms with van der Waals surface area (Å²) in [5.41, 5.74) is 2.45. The van der Waals surface area contributed by atoms with Gasteiger partial charge in [0.15, 0.2) is 5.82 Å². The van der Waals surface area contributed by atoms with Crippen LogP contribution in [0.2, 0.25) is 0 Å². The van der Waals surface area contributed by atoms with Crippen LogP contribution in [0.15, 0.2) is 53.9 Å². The van der Waals surface area contributed by atoms with Crippen molar-refractivity contribution in [2.45, 2.75) is 36.2 Å². The summed E-state index contributed by atoms with van der Waals surface area (Å²) >= 11 is 1.45. The highest BCUT2D eigenvalue weighted by Crippen LogP contribution is 2.67. The molecule has 2 aliphatic carbocycles. The van der Waals surface area contributed by atoms with Crippen LogP contribution in [-0.2, 0) is 12.6 Å². The first-order valence-corrected chi connectivity index (χ1v) is 11.5. The van der Waals surface area contributed by atoms with Crippen LogP contribution in [-0.4, -0.2) is 36.8 Å². The number of ether oxygens (including phenoxy) is 1. The maximum atomic E-state index is 11.0. The lowest BCUT2D eigenvalue weighted by Gasteiger charge is -2.45. The number of aryl methyl sites for hydroxylation is 1. The molecule has 4 aromatic rings. The van der Waals surface area contributed by atoms with Crippen molar-refractivity contribution in [3.8, 4) is 11.6 Å². The Hall–Kier alpha value is -3.04. The second kappa shape index (κ2) is 6.98. The van der Waals surface area contributed by atoms with E-state index in [1.165, 1.54) is 24.8 Å². The molecule has 3 aromatic heterocycles. The Morgan fingerprint density at radius 1 is 1.16 bits per heavy atom. The van der Waals surface area contributed by atoms with Gasteiger partial charge in [-0.15, -0.1) is 0 Å². The Morgan fingerprint density at radius 2 is 2.00 bits per heavy atom. The van der Waals surface area contributed by atoms with E-state index in [9.17, 15) is 5.11 Å². The lowest BCUT2D eigenvalue weighted by molar-refractivity contribution is -0.0917. The molecular formula is C23H24N6O2S. The molecule has 2 N–H and O–H groups in total. The molecule has 3 heterocycles. The summed E-state index contributed by atoms with van der Waals surface area (Å²) in [6, 6.07) is 7.79. The minimum atomic E-state index is -0.723. The largest absolute Gasteiger partial charge is 0.494 e. The van der Waals surface area contributed by atoms with Crippen LogP contribution < -0.4 is 9.46 Å². The van der Waals surface area contributed by atoms with Gasteiger partial charge in [0.1, 0.15) is 11.4 Å². The van der Waals surface area contributed by atoms with Crippen molar-refractivity contribution in [3.05, 3.63) is 54.6 Å². The van der Waals surface area contributed by atoms with Crippen molar-refractivity contribution < 1.29 is 9.84 Å². The van der Waals surface area contributed by atoms with Gasteiger partial charge in [0.25, 0.3) is 0 Å². The number of pyridine rings is 1. The molecule has 0 atom stereocenters. The number of anilines is 1. The van der Waals surface area contributed by atoms with E-state index in [1.54, 1.807) is 24.2 Å². The third-order valence-electron chi connectivity index (χ3n) is 6.72. The van der Waals surface area contributed by atoms with E-state index in [1.807, 2.05) is 48.4 Å². The molecule has 164 valence electrons. The van der Waals surface area contributed by atoms with Gasteiger partial charge < -0.3 is 14.6 Å². The highest BCUT2D eigenvalue weighted by atomic mass is 32.2. The van der Waals surface area contributed by atoms with Crippen molar-refractivity contribution >= 4 is 28.5 Å². The fraction of sp³-hybridized carbons (Fsp3) is 0.348. The van der Waals surface area contributed by atoms with Crippen LogP contribution in [0.3, 0.4) is 0 Å². The fourth-order valence-corrected chi connectivity index (χ4v) is 5.54. The molecule has 2 fully saturated rings. The molecule has 0 aliphatic heterocycles. The Kier molecular flexibility index (Phi) is 4.28. The molecule has 0 amide bonds. The Labute approximate surface area is 189 Å². The highest BCUT2D eigenvalue weighted by molar-refractivity contribution is 8.00. The maximum Gasteiger partial charge on any atom is 0.153 e. The van der Waals surface area contributed by atoms with Crippen LogP contribution in [0.1, 0.15) is 31.2 Å². The fourth-order valence-electron chi connectivity index (χ4n) is 4.87. The van der Waals surface area contributed by atoms with E-state index in [2.05, 4.69) is 19.9 Å². The number of benzene rings is 1. The van der Waals surface area contributed by atoms with Crippen LogP contribution in [0.25, 0.3) is 16.7 Å². The summed E-state index contributed by atoms with van der Waals surface area (Å²) < 4.78 is 12.5. The van der Waals surface area contributed by atoms with E-state index < -0.39 is 5.60 Å². The van der Waals surface area contributed by atoms with Gasteiger partial charge in [-0.1, -0.05) is 0 Å². The zero-order valence-electron chi connectivity index (χ0n) is 17.9. The molecule has 2 saturated carbocycles. The minimum absolute atomic E-state index is 0.414. The molecule has 1 spiro atoms. The van der Waals surface area contributed by atoms with Crippen LogP contribution >= 0.6 is 11.9 Å². The average molecular weight is 449 g/mol. The number of fused-ring (bicyclic) bond motifs is 1. The summed E-state index contributed by atoms with van der Waals surface area (Å²) in [6.07, 6.45) is 11.5. The Bertz CT molecular complexity index is 1320. The van der Waals surface area contributed by atoms with E-state index >= 15 is 0 Å². The zero-order valence-corrected chi connectivity index (χ0v) is 18.8. The molecule has 1 aromatic carbocycles. The van der Waals surface area contributed by atoms with Crippen LogP contribution in [0, 0.1) is 5.41 Å². The topological polar surface area (TPSA) is 90.0 Å². The Morgan fingerprint density at radius 3 is 2.78 bits per heavy atom. The van der Waals surface area contributed by atoms with Gasteiger partial charge in [0.05, 0.1) is 35.5 Å². The molecular weight excluding hydrogens is 424 g/mol. The van der Waals surface area contributed by atoms with Gasteiger partial charge in [-0.3, -0.25) is 4.68 Å². The van der Waals surface area contributed by atoms with E-state index in [0.717, 1.165) is 45.6 Å². The third-order valence-corrected chi connectivity index (χ3v) is 7.48. The number of nitrogens with one attached hydrogen (secondary N) is 1. The van der Waals surface area contributed by atoms with E-state index in [-0.39, 0.29) is 0 Å². The SMILES string of the molecule is COc1ccc2cnn(C)c2c1NSc1cnn(-c2cc(C3(O)CC4(CC4)C3)ccn2)c1. The third kappa shape index (κ3) is 3.15. The number of nitrogens with zero attached hydrogens (tertiary/aromatic N) is 5. The van der Waals surface area contributed by atoms with Gasteiger partial charge in [-0.25, -0.2) is 9.67 Å². The molecule has 0 radical (unpaired) electrons. The zero-order chi connectivity index (χ0) is 21.9. The van der Waals surface area contributed by atoms with Crippen LogP contribution in [0.4, 0.5) is 5.69 Å². The van der Waals surface area contributed by atoms with Crippen molar-refractivity contribution in [2.75, 3.05) is 11.8 Å².